The van der Waals surface area contributed by atoms with Gasteiger partial charge in [-0.2, -0.15) is 18.3 Å². The summed E-state index contributed by atoms with van der Waals surface area (Å²) in [5.41, 5.74) is 4.97. The number of carbonyl (C=O) groups excluding carboxylic acids is 1. The molecule has 1 aromatic carbocycles. The Kier molecular flexibility index (Phi) is 5.68. The molecule has 2 aliphatic rings. The molecule has 7 nitrogen and oxygen atoms in total. The van der Waals surface area contributed by atoms with Gasteiger partial charge in [0.25, 0.3) is 5.91 Å². The number of rotatable bonds is 2. The highest BCUT2D eigenvalue weighted by Crippen LogP contribution is 2.32. The number of benzene rings is 1. The summed E-state index contributed by atoms with van der Waals surface area (Å²) in [6, 6.07) is 5.55. The maximum atomic E-state index is 13.5. The zero-order valence-electron chi connectivity index (χ0n) is 18.8. The van der Waals surface area contributed by atoms with Gasteiger partial charge in [0.2, 0.25) is 0 Å². The molecule has 11 heteroatoms. The molecule has 34 heavy (non-hydrogen) atoms. The minimum Gasteiger partial charge on any atom is -0.370 e. The van der Waals surface area contributed by atoms with Crippen LogP contribution in [0.1, 0.15) is 39.4 Å². The lowest BCUT2D eigenvalue weighted by Crippen LogP contribution is -2.42. The molecule has 4 heterocycles. The maximum absolute atomic E-state index is 13.5. The van der Waals surface area contributed by atoms with E-state index in [1.807, 2.05) is 18.7 Å². The van der Waals surface area contributed by atoms with E-state index in [4.69, 9.17) is 11.6 Å². The zero-order valence-corrected chi connectivity index (χ0v) is 19.5. The van der Waals surface area contributed by atoms with Crippen molar-refractivity contribution in [3.63, 3.8) is 0 Å². The maximum Gasteiger partial charge on any atom is 0.403 e. The van der Waals surface area contributed by atoms with Gasteiger partial charge in [-0.15, -0.1) is 0 Å². The predicted octanol–water partition coefficient (Wildman–Crippen LogP) is 3.89. The average Bonchev–Trinajstić information content (AvgIpc) is 3.25. The molecule has 1 amide bonds. The Bertz CT molecular complexity index is 1270. The first-order valence-corrected chi connectivity index (χ1v) is 11.5. The van der Waals surface area contributed by atoms with Crippen LogP contribution in [0.4, 0.5) is 18.9 Å². The first-order chi connectivity index (χ1) is 16.1. The van der Waals surface area contributed by atoms with Crippen LogP contribution in [-0.2, 0) is 13.1 Å². The van der Waals surface area contributed by atoms with Crippen molar-refractivity contribution in [1.82, 2.24) is 24.8 Å². The highest BCUT2D eigenvalue weighted by Gasteiger charge is 2.40. The normalized spacial score (nSPS) is 18.9. The van der Waals surface area contributed by atoms with Crippen molar-refractivity contribution in [2.24, 2.45) is 0 Å². The van der Waals surface area contributed by atoms with Crippen LogP contribution in [0.15, 0.2) is 24.3 Å². The molecule has 5 rings (SSSR count). The topological polar surface area (TPSA) is 65.8 Å². The fraction of sp³-hybridized carbons (Fsp3) is 0.435. The number of halogens is 4. The number of para-hydroxylation sites is 1. The van der Waals surface area contributed by atoms with Crippen LogP contribution in [0, 0.1) is 13.8 Å². The second kappa shape index (κ2) is 8.42. The molecule has 0 saturated carbocycles. The van der Waals surface area contributed by atoms with E-state index in [1.54, 1.807) is 33.7 Å². The van der Waals surface area contributed by atoms with Crippen LogP contribution in [0.3, 0.4) is 0 Å². The Morgan fingerprint density at radius 1 is 1.18 bits per heavy atom. The molecule has 1 saturated heterocycles. The standard InChI is InChI=1S/C23H24ClF3N6O/c1-13-20(24)14(2)33-21(29-13)16-11-32(12-17(16)30-33)22(34)15-5-3-4-6-18(15)31-9-7-19(23(25,26)27)28-8-10-31/h3-6,19,28H,7-12H2,1-2H3. The van der Waals surface area contributed by atoms with Gasteiger partial charge in [0, 0.05) is 30.9 Å². The summed E-state index contributed by atoms with van der Waals surface area (Å²) in [6.45, 7) is 5.18. The number of carbonyl (C=O) groups is 1. The summed E-state index contributed by atoms with van der Waals surface area (Å²) in [5, 5.41) is 7.77. The molecule has 0 aliphatic carbocycles. The van der Waals surface area contributed by atoms with Crippen molar-refractivity contribution < 1.29 is 18.0 Å². The summed E-state index contributed by atoms with van der Waals surface area (Å²) in [7, 11) is 0. The van der Waals surface area contributed by atoms with E-state index in [-0.39, 0.29) is 25.4 Å². The fourth-order valence-electron chi connectivity index (χ4n) is 4.75. The van der Waals surface area contributed by atoms with Gasteiger partial charge in [0.05, 0.1) is 40.8 Å². The number of amides is 1. The van der Waals surface area contributed by atoms with Gasteiger partial charge in [-0.25, -0.2) is 9.50 Å². The number of alkyl halides is 3. The number of hydrogen-bond acceptors (Lipinski definition) is 5. The summed E-state index contributed by atoms with van der Waals surface area (Å²) < 4.78 is 41.3. The van der Waals surface area contributed by atoms with Crippen LogP contribution in [0.2, 0.25) is 5.02 Å². The van der Waals surface area contributed by atoms with Gasteiger partial charge in [-0.05, 0) is 32.4 Å². The van der Waals surface area contributed by atoms with Crippen LogP contribution in [0.25, 0.3) is 5.65 Å². The van der Waals surface area contributed by atoms with Crippen LogP contribution in [0.5, 0.6) is 0 Å². The molecule has 1 fully saturated rings. The Hall–Kier alpha value is -2.85. The van der Waals surface area contributed by atoms with Crippen molar-refractivity contribution in [1.29, 1.82) is 0 Å². The third-order valence-corrected chi connectivity index (χ3v) is 7.12. The SMILES string of the molecule is Cc1nc2c3c(nn2c(C)c1Cl)CN(C(=O)c1ccccc1N1CCNC(C(F)(F)F)CC1)C3. The number of nitrogens with one attached hydrogen (secondary N) is 1. The number of aromatic nitrogens is 3. The van der Waals surface area contributed by atoms with Gasteiger partial charge in [0.15, 0.2) is 5.65 Å². The second-order valence-corrected chi connectivity index (χ2v) is 9.14. The molecule has 1 atom stereocenters. The van der Waals surface area contributed by atoms with Gasteiger partial charge >= 0.3 is 6.18 Å². The van der Waals surface area contributed by atoms with Crippen molar-refractivity contribution in [3.05, 3.63) is 57.5 Å². The van der Waals surface area contributed by atoms with E-state index in [2.05, 4.69) is 15.4 Å². The van der Waals surface area contributed by atoms with Gasteiger partial charge < -0.3 is 15.1 Å². The van der Waals surface area contributed by atoms with Crippen molar-refractivity contribution in [3.8, 4) is 0 Å². The van der Waals surface area contributed by atoms with E-state index >= 15 is 0 Å². The van der Waals surface area contributed by atoms with E-state index in [1.165, 1.54) is 0 Å². The van der Waals surface area contributed by atoms with Crippen molar-refractivity contribution in [2.75, 3.05) is 24.5 Å². The lowest BCUT2D eigenvalue weighted by molar-refractivity contribution is -0.155. The summed E-state index contributed by atoms with van der Waals surface area (Å²) >= 11 is 6.32. The average molecular weight is 493 g/mol. The smallest absolute Gasteiger partial charge is 0.370 e. The predicted molar refractivity (Wildman–Crippen MR) is 122 cm³/mol. The Balaban J connectivity index is 1.40. The number of fused-ring (bicyclic) bond motifs is 3. The third kappa shape index (κ3) is 3.88. The Morgan fingerprint density at radius 3 is 2.71 bits per heavy atom. The lowest BCUT2D eigenvalue weighted by atomic mass is 10.1. The number of aryl methyl sites for hydroxylation is 2. The molecule has 180 valence electrons. The Labute approximate surface area is 199 Å². The first-order valence-electron chi connectivity index (χ1n) is 11.1. The fourth-order valence-corrected chi connectivity index (χ4v) is 4.87. The van der Waals surface area contributed by atoms with Gasteiger partial charge in [0.1, 0.15) is 6.04 Å². The molecule has 0 bridgehead atoms. The van der Waals surface area contributed by atoms with Crippen molar-refractivity contribution in [2.45, 2.75) is 45.6 Å². The molecule has 2 aromatic heterocycles. The highest BCUT2D eigenvalue weighted by atomic mass is 35.5. The first kappa shape index (κ1) is 22.9. The minimum atomic E-state index is -4.29. The largest absolute Gasteiger partial charge is 0.403 e. The van der Waals surface area contributed by atoms with E-state index in [9.17, 15) is 18.0 Å². The Morgan fingerprint density at radius 2 is 1.94 bits per heavy atom. The molecule has 0 radical (unpaired) electrons. The monoisotopic (exact) mass is 492 g/mol. The molecule has 2 aliphatic heterocycles. The number of anilines is 1. The number of nitrogens with zero attached hydrogens (tertiary/aromatic N) is 5. The second-order valence-electron chi connectivity index (χ2n) is 8.76. The number of hydrogen-bond donors (Lipinski definition) is 1. The molecule has 1 N–H and O–H groups in total. The molecule has 1 unspecified atom stereocenters. The summed E-state index contributed by atoms with van der Waals surface area (Å²) in [5.74, 6) is -0.182. The highest BCUT2D eigenvalue weighted by molar-refractivity contribution is 6.31. The molecule has 0 spiro atoms. The zero-order chi connectivity index (χ0) is 24.2. The van der Waals surface area contributed by atoms with Gasteiger partial charge in [-0.1, -0.05) is 23.7 Å². The summed E-state index contributed by atoms with van der Waals surface area (Å²) in [6.07, 6.45) is -4.37. The third-order valence-electron chi connectivity index (χ3n) is 6.57. The van der Waals surface area contributed by atoms with E-state index < -0.39 is 12.2 Å². The molecular formula is C23H24ClF3N6O. The van der Waals surface area contributed by atoms with E-state index in [0.29, 0.717) is 47.2 Å². The minimum absolute atomic E-state index is 0.0780. The lowest BCUT2D eigenvalue weighted by Gasteiger charge is -2.26. The van der Waals surface area contributed by atoms with Crippen LogP contribution < -0.4 is 10.2 Å². The molecular weight excluding hydrogens is 469 g/mol. The quantitative estimate of drug-likeness (QED) is 0.588. The van der Waals surface area contributed by atoms with E-state index in [0.717, 1.165) is 17.0 Å². The van der Waals surface area contributed by atoms with Crippen molar-refractivity contribution >= 4 is 28.8 Å². The van der Waals surface area contributed by atoms with Gasteiger partial charge in [-0.3, -0.25) is 4.79 Å². The molecule has 3 aromatic rings. The van der Waals surface area contributed by atoms with Crippen LogP contribution in [-0.4, -0.2) is 57.3 Å². The van der Waals surface area contributed by atoms with Crippen LogP contribution >= 0.6 is 11.6 Å². The summed E-state index contributed by atoms with van der Waals surface area (Å²) in [4.78, 5) is 21.7.